The summed E-state index contributed by atoms with van der Waals surface area (Å²) in [5.74, 6) is 0.586. The molecule has 5 heteroatoms. The van der Waals surface area contributed by atoms with E-state index in [0.29, 0.717) is 18.8 Å². The molecule has 0 fully saturated rings. The van der Waals surface area contributed by atoms with E-state index < -0.39 is 0 Å². The number of thioether (sulfide) groups is 1. The van der Waals surface area contributed by atoms with Crippen molar-refractivity contribution in [2.45, 2.75) is 37.0 Å². The average molecular weight is 431 g/mol. The molecule has 4 aromatic rings. The molecule has 4 nitrogen and oxygen atoms in total. The zero-order valence-corrected chi connectivity index (χ0v) is 18.5. The van der Waals surface area contributed by atoms with Gasteiger partial charge in [-0.2, -0.15) is 0 Å². The molecular weight excluding hydrogens is 404 g/mol. The second-order valence-electron chi connectivity index (χ2n) is 7.53. The highest BCUT2D eigenvalue weighted by molar-refractivity contribution is 7.98. The minimum Gasteiger partial charge on any atom is -0.461 e. The van der Waals surface area contributed by atoms with Gasteiger partial charge in [-0.05, 0) is 40.5 Å². The Morgan fingerprint density at radius 2 is 1.77 bits per heavy atom. The van der Waals surface area contributed by atoms with Crippen LogP contribution in [0.15, 0.2) is 84.1 Å². The minimum atomic E-state index is -0.354. The number of imidazole rings is 1. The maximum Gasteiger partial charge on any atom is 0.358 e. The van der Waals surface area contributed by atoms with E-state index in [-0.39, 0.29) is 5.97 Å². The first-order valence-corrected chi connectivity index (χ1v) is 11.6. The summed E-state index contributed by atoms with van der Waals surface area (Å²) in [4.78, 5) is 17.4. The van der Waals surface area contributed by atoms with Crippen LogP contribution in [0.1, 0.15) is 41.4 Å². The van der Waals surface area contributed by atoms with Gasteiger partial charge in [0.2, 0.25) is 0 Å². The lowest BCUT2D eigenvalue weighted by Gasteiger charge is -2.06. The SMILES string of the molecule is CCCCOC(=O)c1cn(Cc2ccc(SCc3ccc4ccccc4c3)cc2)cn1. The standard InChI is InChI=1S/C26H26N2O2S/c1-2-3-14-30-26(29)25-17-28(19-27-25)16-20-9-12-24(13-10-20)31-18-21-8-11-22-6-4-5-7-23(22)15-21/h4-13,15,17,19H,2-3,14,16,18H2,1H3. The first-order chi connectivity index (χ1) is 15.2. The number of rotatable bonds is 9. The molecule has 0 amide bonds. The highest BCUT2D eigenvalue weighted by atomic mass is 32.2. The van der Waals surface area contributed by atoms with Crippen LogP contribution in [0.4, 0.5) is 0 Å². The smallest absolute Gasteiger partial charge is 0.358 e. The zero-order chi connectivity index (χ0) is 21.5. The summed E-state index contributed by atoms with van der Waals surface area (Å²) in [6.07, 6.45) is 5.30. The molecule has 0 aliphatic carbocycles. The van der Waals surface area contributed by atoms with Gasteiger partial charge in [-0.25, -0.2) is 9.78 Å². The Bertz CT molecular complexity index is 1150. The molecule has 1 heterocycles. The van der Waals surface area contributed by atoms with Crippen molar-refractivity contribution in [3.8, 4) is 0 Å². The lowest BCUT2D eigenvalue weighted by atomic mass is 10.1. The number of benzene rings is 3. The molecule has 0 radical (unpaired) electrons. The fourth-order valence-corrected chi connectivity index (χ4v) is 4.17. The molecule has 0 saturated heterocycles. The molecule has 0 aliphatic rings. The summed E-state index contributed by atoms with van der Waals surface area (Å²) < 4.78 is 7.13. The first kappa shape index (κ1) is 21.2. The molecule has 0 unspecified atom stereocenters. The van der Waals surface area contributed by atoms with Gasteiger partial charge in [0.05, 0.1) is 12.9 Å². The van der Waals surface area contributed by atoms with Crippen LogP contribution in [0.3, 0.4) is 0 Å². The van der Waals surface area contributed by atoms with Crippen molar-refractivity contribution in [2.24, 2.45) is 0 Å². The third-order valence-corrected chi connectivity index (χ3v) is 6.16. The number of unbranched alkanes of at least 4 members (excludes halogenated alkanes) is 1. The summed E-state index contributed by atoms with van der Waals surface area (Å²) in [5, 5.41) is 2.56. The number of nitrogens with zero attached hydrogens (tertiary/aromatic N) is 2. The number of fused-ring (bicyclic) bond motifs is 1. The Morgan fingerprint density at radius 3 is 2.58 bits per heavy atom. The minimum absolute atomic E-state index is 0.354. The Hall–Kier alpha value is -3.05. The van der Waals surface area contributed by atoms with E-state index in [4.69, 9.17) is 4.74 Å². The molecule has 0 atom stereocenters. The largest absolute Gasteiger partial charge is 0.461 e. The fraction of sp³-hybridized carbons (Fsp3) is 0.231. The molecule has 158 valence electrons. The van der Waals surface area contributed by atoms with E-state index in [2.05, 4.69) is 78.6 Å². The number of esters is 1. The van der Waals surface area contributed by atoms with Gasteiger partial charge in [0.1, 0.15) is 0 Å². The number of hydrogen-bond donors (Lipinski definition) is 0. The summed E-state index contributed by atoms with van der Waals surface area (Å²) in [6, 6.07) is 23.7. The number of hydrogen-bond acceptors (Lipinski definition) is 4. The van der Waals surface area contributed by atoms with Gasteiger partial charge in [0, 0.05) is 23.4 Å². The molecule has 0 saturated carbocycles. The van der Waals surface area contributed by atoms with Crippen LogP contribution >= 0.6 is 11.8 Å². The van der Waals surface area contributed by atoms with E-state index in [9.17, 15) is 4.79 Å². The average Bonchev–Trinajstić information content (AvgIpc) is 3.27. The van der Waals surface area contributed by atoms with E-state index in [1.165, 1.54) is 26.8 Å². The molecule has 0 bridgehead atoms. The number of aromatic nitrogens is 2. The van der Waals surface area contributed by atoms with Crippen LogP contribution < -0.4 is 0 Å². The van der Waals surface area contributed by atoms with Crippen LogP contribution in [0.25, 0.3) is 10.8 Å². The Morgan fingerprint density at radius 1 is 1.00 bits per heavy atom. The highest BCUT2D eigenvalue weighted by Gasteiger charge is 2.10. The maximum atomic E-state index is 12.0. The van der Waals surface area contributed by atoms with Gasteiger partial charge in [0.15, 0.2) is 5.69 Å². The van der Waals surface area contributed by atoms with Crippen molar-refractivity contribution in [1.29, 1.82) is 0 Å². The zero-order valence-electron chi connectivity index (χ0n) is 17.7. The predicted molar refractivity (Wildman–Crippen MR) is 126 cm³/mol. The first-order valence-electron chi connectivity index (χ1n) is 10.6. The molecule has 1 aromatic heterocycles. The normalized spacial score (nSPS) is 11.0. The van der Waals surface area contributed by atoms with E-state index >= 15 is 0 Å². The molecular formula is C26H26N2O2S. The fourth-order valence-electron chi connectivity index (χ4n) is 3.33. The third-order valence-electron chi connectivity index (χ3n) is 5.08. The summed E-state index contributed by atoms with van der Waals surface area (Å²) in [7, 11) is 0. The summed E-state index contributed by atoms with van der Waals surface area (Å²) in [5.41, 5.74) is 2.85. The summed E-state index contributed by atoms with van der Waals surface area (Å²) in [6.45, 7) is 3.18. The van der Waals surface area contributed by atoms with E-state index in [1.54, 1.807) is 12.5 Å². The van der Waals surface area contributed by atoms with Crippen LogP contribution in [-0.4, -0.2) is 22.1 Å². The van der Waals surface area contributed by atoms with Crippen LogP contribution in [0.2, 0.25) is 0 Å². The Balaban J connectivity index is 1.31. The van der Waals surface area contributed by atoms with Crippen LogP contribution in [-0.2, 0) is 17.0 Å². The predicted octanol–water partition coefficient (Wildman–Crippen LogP) is 6.33. The molecule has 4 rings (SSSR count). The van der Waals surface area contributed by atoms with Gasteiger partial charge in [0.25, 0.3) is 0 Å². The van der Waals surface area contributed by atoms with Gasteiger partial charge in [-0.1, -0.05) is 67.9 Å². The second kappa shape index (κ2) is 10.3. The quantitative estimate of drug-likeness (QED) is 0.177. The van der Waals surface area contributed by atoms with Gasteiger partial charge in [-0.3, -0.25) is 0 Å². The van der Waals surface area contributed by atoms with Crippen LogP contribution in [0.5, 0.6) is 0 Å². The van der Waals surface area contributed by atoms with Crippen molar-refractivity contribution in [3.05, 3.63) is 96.1 Å². The molecule has 0 aliphatic heterocycles. The number of carbonyl (C=O) groups is 1. The van der Waals surface area contributed by atoms with Crippen molar-refractivity contribution < 1.29 is 9.53 Å². The number of carbonyl (C=O) groups excluding carboxylic acids is 1. The maximum absolute atomic E-state index is 12.0. The number of ether oxygens (including phenoxy) is 1. The van der Waals surface area contributed by atoms with Gasteiger partial charge < -0.3 is 9.30 Å². The third kappa shape index (κ3) is 5.76. The van der Waals surface area contributed by atoms with Crippen molar-refractivity contribution >= 4 is 28.5 Å². The van der Waals surface area contributed by atoms with Gasteiger partial charge >= 0.3 is 5.97 Å². The Kier molecular flexibility index (Phi) is 7.05. The van der Waals surface area contributed by atoms with Crippen molar-refractivity contribution in [2.75, 3.05) is 6.61 Å². The summed E-state index contributed by atoms with van der Waals surface area (Å²) >= 11 is 1.83. The molecule has 0 spiro atoms. The van der Waals surface area contributed by atoms with E-state index in [1.807, 2.05) is 16.3 Å². The van der Waals surface area contributed by atoms with E-state index in [0.717, 1.165) is 18.6 Å². The van der Waals surface area contributed by atoms with Crippen molar-refractivity contribution in [1.82, 2.24) is 9.55 Å². The second-order valence-corrected chi connectivity index (χ2v) is 8.58. The molecule has 0 N–H and O–H groups in total. The topological polar surface area (TPSA) is 44.1 Å². The van der Waals surface area contributed by atoms with Crippen molar-refractivity contribution in [3.63, 3.8) is 0 Å². The van der Waals surface area contributed by atoms with Crippen LogP contribution in [0, 0.1) is 0 Å². The lowest BCUT2D eigenvalue weighted by Crippen LogP contribution is -2.06. The van der Waals surface area contributed by atoms with Gasteiger partial charge in [-0.15, -0.1) is 11.8 Å². The monoisotopic (exact) mass is 430 g/mol. The Labute approximate surface area is 187 Å². The molecule has 3 aromatic carbocycles. The highest BCUT2D eigenvalue weighted by Crippen LogP contribution is 2.25. The lowest BCUT2D eigenvalue weighted by molar-refractivity contribution is 0.0493. The molecule has 31 heavy (non-hydrogen) atoms.